The summed E-state index contributed by atoms with van der Waals surface area (Å²) in [5, 5.41) is 36.7. The summed E-state index contributed by atoms with van der Waals surface area (Å²) in [4.78, 5) is 49.2. The number of hydrogen-bond acceptors (Lipinski definition) is 10. The van der Waals surface area contributed by atoms with Gasteiger partial charge in [0.05, 0.1) is 18.3 Å². The Labute approximate surface area is 237 Å². The first-order chi connectivity index (χ1) is 20.3. The van der Waals surface area contributed by atoms with Crippen LogP contribution < -0.4 is 5.32 Å². The third-order valence-corrected chi connectivity index (χ3v) is 6.13. The topological polar surface area (TPSA) is 176 Å². The van der Waals surface area contributed by atoms with Gasteiger partial charge in [-0.25, -0.2) is 14.8 Å². The van der Waals surface area contributed by atoms with Gasteiger partial charge in [0.25, 0.3) is 17.5 Å². The zero-order valence-corrected chi connectivity index (χ0v) is 21.9. The second kappa shape index (κ2) is 11.5. The van der Waals surface area contributed by atoms with Gasteiger partial charge in [0.15, 0.2) is 23.1 Å². The van der Waals surface area contributed by atoms with Crippen molar-refractivity contribution >= 4 is 51.1 Å². The summed E-state index contributed by atoms with van der Waals surface area (Å²) in [5.41, 5.74) is 0.126. The fourth-order valence-electron chi connectivity index (χ4n) is 4.10. The van der Waals surface area contributed by atoms with E-state index < -0.39 is 24.0 Å². The number of hydrogen-bond donors (Lipinski definition) is 3. The van der Waals surface area contributed by atoms with Crippen molar-refractivity contribution in [3.8, 4) is 11.7 Å². The van der Waals surface area contributed by atoms with Crippen molar-refractivity contribution in [2.24, 2.45) is 10.2 Å². The number of phenols is 1. The predicted molar refractivity (Wildman–Crippen MR) is 151 cm³/mol. The van der Waals surface area contributed by atoms with E-state index in [0.29, 0.717) is 10.8 Å². The summed E-state index contributed by atoms with van der Waals surface area (Å²) in [6.45, 7) is 8.00. The van der Waals surface area contributed by atoms with Crippen LogP contribution in [0.3, 0.4) is 0 Å². The van der Waals surface area contributed by atoms with Crippen LogP contribution in [0.25, 0.3) is 21.6 Å². The van der Waals surface area contributed by atoms with Crippen LogP contribution in [0.5, 0.6) is 5.75 Å². The van der Waals surface area contributed by atoms with E-state index in [9.17, 15) is 24.6 Å². The molecule has 206 valence electrons. The number of benzene rings is 3. The first-order valence-corrected chi connectivity index (χ1v) is 12.3. The Morgan fingerprint density at radius 3 is 2.48 bits per heavy atom. The average molecular weight is 561 g/mol. The van der Waals surface area contributed by atoms with Gasteiger partial charge in [-0.05, 0) is 42.6 Å². The van der Waals surface area contributed by atoms with E-state index in [1.807, 2.05) is 0 Å². The van der Waals surface area contributed by atoms with Gasteiger partial charge in [0, 0.05) is 34.6 Å². The Morgan fingerprint density at radius 2 is 1.76 bits per heavy atom. The molecule has 1 amide bonds. The molecule has 3 N–H and O–H groups in total. The quantitative estimate of drug-likeness (QED) is 0.133. The number of ketones is 2. The highest BCUT2D eigenvalue weighted by atomic mass is 16.3. The summed E-state index contributed by atoms with van der Waals surface area (Å²) in [7, 11) is 0. The number of amides is 1. The number of nitrogens with zero attached hydrogens (tertiary/aromatic N) is 7. The number of aromatic nitrogens is 4. The lowest BCUT2D eigenvalue weighted by Crippen LogP contribution is -2.14. The zero-order chi connectivity index (χ0) is 29.8. The standard InChI is InChI=1S/C29H20N8O5/c1-16(39)18-10-19(24(40)15-38)12-20(11-18)34-28(42)22-13-17-6-3-4-7-21(17)25(26(22)41)35-36-27-23(30-2)14-33-37(27)29-31-8-5-9-32-29/h3-14,38,41H,15H2,1H3,(H,34,42). The molecule has 0 radical (unpaired) electrons. The van der Waals surface area contributed by atoms with Gasteiger partial charge in [-0.2, -0.15) is 9.78 Å². The van der Waals surface area contributed by atoms with Gasteiger partial charge in [-0.15, -0.1) is 10.2 Å². The average Bonchev–Trinajstić information content (AvgIpc) is 3.43. The molecule has 13 nitrogen and oxygen atoms in total. The number of carbonyl (C=O) groups is 3. The Morgan fingerprint density at radius 1 is 1.02 bits per heavy atom. The fraction of sp³-hybridized carbons (Fsp3) is 0.0690. The number of azo groups is 1. The maximum atomic E-state index is 13.4. The molecule has 0 aliphatic heterocycles. The zero-order valence-electron chi connectivity index (χ0n) is 21.9. The first kappa shape index (κ1) is 27.4. The number of aliphatic hydroxyl groups excluding tert-OH is 1. The molecule has 2 heterocycles. The van der Waals surface area contributed by atoms with Crippen LogP contribution in [0, 0.1) is 6.57 Å². The Kier molecular flexibility index (Phi) is 7.54. The summed E-state index contributed by atoms with van der Waals surface area (Å²) < 4.78 is 1.22. The Hall–Kier alpha value is -6.13. The van der Waals surface area contributed by atoms with Crippen molar-refractivity contribution < 1.29 is 24.6 Å². The highest BCUT2D eigenvalue weighted by Gasteiger charge is 2.21. The lowest BCUT2D eigenvalue weighted by atomic mass is 10.0. The van der Waals surface area contributed by atoms with Gasteiger partial charge in [-0.3, -0.25) is 14.4 Å². The largest absolute Gasteiger partial charge is 0.505 e. The van der Waals surface area contributed by atoms with Gasteiger partial charge in [0.1, 0.15) is 12.3 Å². The third-order valence-electron chi connectivity index (χ3n) is 6.13. The number of fused-ring (bicyclic) bond motifs is 1. The maximum absolute atomic E-state index is 13.4. The summed E-state index contributed by atoms with van der Waals surface area (Å²) in [5.74, 6) is -2.10. The molecule has 0 unspecified atom stereocenters. The number of carbonyl (C=O) groups excluding carboxylic acids is 3. The molecular formula is C29H20N8O5. The minimum absolute atomic E-state index is 0.0108. The van der Waals surface area contributed by atoms with Crippen molar-refractivity contribution in [2.45, 2.75) is 6.92 Å². The second-order valence-corrected chi connectivity index (χ2v) is 8.86. The summed E-state index contributed by atoms with van der Waals surface area (Å²) >= 11 is 0. The van der Waals surface area contributed by atoms with Crippen LogP contribution in [0.1, 0.15) is 38.0 Å². The van der Waals surface area contributed by atoms with E-state index in [1.165, 1.54) is 54.5 Å². The van der Waals surface area contributed by atoms with Crippen LogP contribution in [0.4, 0.5) is 22.9 Å². The Balaban J connectivity index is 1.59. The number of aliphatic hydroxyl groups is 1. The van der Waals surface area contributed by atoms with Crippen molar-refractivity contribution in [2.75, 3.05) is 11.9 Å². The molecule has 2 aromatic heterocycles. The first-order valence-electron chi connectivity index (χ1n) is 12.3. The van der Waals surface area contributed by atoms with Gasteiger partial charge in [-0.1, -0.05) is 24.3 Å². The van der Waals surface area contributed by atoms with Crippen LogP contribution in [0.2, 0.25) is 0 Å². The van der Waals surface area contributed by atoms with Crippen LogP contribution in [-0.2, 0) is 0 Å². The molecular weight excluding hydrogens is 540 g/mol. The second-order valence-electron chi connectivity index (χ2n) is 8.86. The van der Waals surface area contributed by atoms with E-state index in [1.54, 1.807) is 30.3 Å². The number of Topliss-reactive ketones (excluding diaryl/α,β-unsaturated/α-hetero) is 2. The molecule has 0 aliphatic carbocycles. The minimum Gasteiger partial charge on any atom is -0.505 e. The molecule has 5 rings (SSSR count). The highest BCUT2D eigenvalue weighted by Crippen LogP contribution is 2.40. The van der Waals surface area contributed by atoms with E-state index in [2.05, 4.69) is 35.5 Å². The van der Waals surface area contributed by atoms with E-state index in [4.69, 9.17) is 6.57 Å². The van der Waals surface area contributed by atoms with Gasteiger partial charge >= 0.3 is 0 Å². The molecule has 0 fully saturated rings. The number of anilines is 1. The molecule has 0 spiro atoms. The molecule has 0 bridgehead atoms. The van der Waals surface area contributed by atoms with Crippen molar-refractivity contribution in [1.82, 2.24) is 19.7 Å². The van der Waals surface area contributed by atoms with Crippen LogP contribution in [0.15, 0.2) is 83.4 Å². The molecule has 0 atom stereocenters. The maximum Gasteiger partial charge on any atom is 0.259 e. The number of aromatic hydroxyl groups is 1. The molecule has 13 heteroatoms. The highest BCUT2D eigenvalue weighted by molar-refractivity contribution is 6.12. The van der Waals surface area contributed by atoms with Crippen LogP contribution >= 0.6 is 0 Å². The Bertz CT molecular complexity index is 1940. The van der Waals surface area contributed by atoms with Gasteiger partial charge in [0.2, 0.25) is 0 Å². The molecule has 0 saturated carbocycles. The minimum atomic E-state index is -0.779. The van der Waals surface area contributed by atoms with E-state index in [-0.39, 0.29) is 51.3 Å². The third kappa shape index (κ3) is 5.33. The number of rotatable bonds is 8. The lowest BCUT2D eigenvalue weighted by Gasteiger charge is -2.12. The van der Waals surface area contributed by atoms with E-state index in [0.717, 1.165) is 0 Å². The van der Waals surface area contributed by atoms with Crippen molar-refractivity contribution in [3.63, 3.8) is 0 Å². The summed E-state index contributed by atoms with van der Waals surface area (Å²) in [6, 6.07) is 14.0. The smallest absolute Gasteiger partial charge is 0.259 e. The van der Waals surface area contributed by atoms with Crippen LogP contribution in [-0.4, -0.2) is 54.0 Å². The molecule has 0 aliphatic rings. The predicted octanol–water partition coefficient (Wildman–Crippen LogP) is 5.12. The fourth-order valence-corrected chi connectivity index (χ4v) is 4.10. The molecule has 0 saturated heterocycles. The van der Waals surface area contributed by atoms with Crippen molar-refractivity contribution in [3.05, 3.63) is 101 Å². The summed E-state index contributed by atoms with van der Waals surface area (Å²) in [6.07, 6.45) is 4.28. The molecule has 42 heavy (non-hydrogen) atoms. The number of phenolic OH excluding ortho intramolecular Hbond substituents is 1. The molecule has 5 aromatic rings. The van der Waals surface area contributed by atoms with E-state index >= 15 is 0 Å². The lowest BCUT2D eigenvalue weighted by molar-refractivity contribution is 0.0903. The number of nitrogens with one attached hydrogen (secondary N) is 1. The monoisotopic (exact) mass is 560 g/mol. The molecule has 3 aromatic carbocycles. The SMILES string of the molecule is [C-]#[N+]c1cnn(-c2ncccn2)c1N=Nc1c(O)c(C(=O)Nc2cc(C(C)=O)cc(C(=O)CO)c2)cc2ccccc12. The normalized spacial score (nSPS) is 11.0. The van der Waals surface area contributed by atoms with Crippen molar-refractivity contribution in [1.29, 1.82) is 0 Å². The van der Waals surface area contributed by atoms with Gasteiger partial charge < -0.3 is 15.5 Å².